The number of esters is 2. The average Bonchev–Trinajstić information content (AvgIpc) is 2.66. The summed E-state index contributed by atoms with van der Waals surface area (Å²) < 4.78 is 11.1. The van der Waals surface area contributed by atoms with Crippen LogP contribution in [0.2, 0.25) is 0 Å². The fraction of sp³-hybridized carbons (Fsp3) is 0.577. The second kappa shape index (κ2) is 14.5. The first-order chi connectivity index (χ1) is 15.2. The molecule has 186 valence electrons. The minimum Gasteiger partial charge on any atom is -0.480 e. The summed E-state index contributed by atoms with van der Waals surface area (Å²) in [5, 5.41) is 9.21. The van der Waals surface area contributed by atoms with Crippen molar-refractivity contribution in [3.63, 3.8) is 0 Å². The van der Waals surface area contributed by atoms with Crippen molar-refractivity contribution in [1.29, 1.82) is 0 Å². The molecule has 0 aromatic rings. The normalized spacial score (nSPS) is 14.3. The van der Waals surface area contributed by atoms with Gasteiger partial charge in [-0.3, -0.25) is 19.3 Å². The summed E-state index contributed by atoms with van der Waals surface area (Å²) in [5.74, 6) is -2.45. The Bertz CT molecular complexity index is 705. The van der Waals surface area contributed by atoms with Gasteiger partial charge in [0.05, 0.1) is 19.6 Å². The highest BCUT2D eigenvalue weighted by Gasteiger charge is 2.29. The average molecular weight is 464 g/mol. The smallest absolute Gasteiger partial charge is 0.321 e. The van der Waals surface area contributed by atoms with Crippen molar-refractivity contribution >= 4 is 17.9 Å². The molecule has 0 heterocycles. The molecule has 1 N–H and O–H groups in total. The van der Waals surface area contributed by atoms with Gasteiger partial charge < -0.3 is 14.6 Å². The van der Waals surface area contributed by atoms with Crippen LogP contribution in [0.25, 0.3) is 0 Å². The van der Waals surface area contributed by atoms with Crippen molar-refractivity contribution in [1.82, 2.24) is 4.90 Å². The molecule has 33 heavy (non-hydrogen) atoms. The highest BCUT2D eigenvalue weighted by Crippen LogP contribution is 2.22. The molecule has 0 aliphatic rings. The quantitative estimate of drug-likeness (QED) is 0.258. The van der Waals surface area contributed by atoms with Gasteiger partial charge in [0.25, 0.3) is 0 Å². The summed E-state index contributed by atoms with van der Waals surface area (Å²) in [7, 11) is 0. The molecule has 7 nitrogen and oxygen atoms in total. The summed E-state index contributed by atoms with van der Waals surface area (Å²) >= 11 is 0. The molecular weight excluding hydrogens is 422 g/mol. The fourth-order valence-electron chi connectivity index (χ4n) is 2.99. The van der Waals surface area contributed by atoms with E-state index in [0.29, 0.717) is 25.7 Å². The molecule has 0 saturated heterocycles. The number of hydrogen-bond donors (Lipinski definition) is 1. The zero-order valence-electron chi connectivity index (χ0n) is 21.1. The number of allylic oxidation sites excluding steroid dienone is 4. The van der Waals surface area contributed by atoms with Crippen molar-refractivity contribution in [2.45, 2.75) is 78.4 Å². The number of carbonyl (C=O) groups excluding carboxylic acids is 2. The summed E-state index contributed by atoms with van der Waals surface area (Å²) in [4.78, 5) is 37.5. The second-order valence-electron chi connectivity index (χ2n) is 9.16. The minimum absolute atomic E-state index is 0.365. The molecule has 0 bridgehead atoms. The lowest BCUT2D eigenvalue weighted by Gasteiger charge is -2.29. The Morgan fingerprint density at radius 2 is 1.15 bits per heavy atom. The highest BCUT2D eigenvalue weighted by molar-refractivity contribution is 5.78. The summed E-state index contributed by atoms with van der Waals surface area (Å²) in [6.45, 7) is 17.7. The molecule has 0 aliphatic heterocycles. The van der Waals surface area contributed by atoms with Gasteiger partial charge in [0.2, 0.25) is 0 Å². The number of carboxylic acid groups (broad SMARTS) is 1. The number of hydrogen-bond acceptors (Lipinski definition) is 6. The van der Waals surface area contributed by atoms with Crippen LogP contribution in [0.3, 0.4) is 0 Å². The SMILES string of the molecule is C=CC(C)(CCC=C(C)C)OC(=O)CN(CC(=O)O)CC(=O)OC(C)(C=C)CCC=C(C)C. The molecule has 0 saturated carbocycles. The molecular formula is C26H41NO6. The third-order valence-electron chi connectivity index (χ3n) is 5.01. The first-order valence-electron chi connectivity index (χ1n) is 11.2. The van der Waals surface area contributed by atoms with E-state index in [1.165, 1.54) is 4.90 Å². The zero-order chi connectivity index (χ0) is 25.7. The molecule has 0 aromatic carbocycles. The lowest BCUT2D eigenvalue weighted by molar-refractivity contribution is -0.160. The van der Waals surface area contributed by atoms with Crippen molar-refractivity contribution in [3.05, 3.63) is 48.6 Å². The second-order valence-corrected chi connectivity index (χ2v) is 9.16. The van der Waals surface area contributed by atoms with Crippen LogP contribution >= 0.6 is 0 Å². The van der Waals surface area contributed by atoms with E-state index in [1.54, 1.807) is 26.0 Å². The molecule has 2 atom stereocenters. The minimum atomic E-state index is -1.17. The number of carboxylic acids is 1. The van der Waals surface area contributed by atoms with Crippen LogP contribution in [0, 0.1) is 0 Å². The Labute approximate surface area is 198 Å². The maximum Gasteiger partial charge on any atom is 0.321 e. The van der Waals surface area contributed by atoms with E-state index >= 15 is 0 Å². The van der Waals surface area contributed by atoms with Crippen molar-refractivity contribution in [2.24, 2.45) is 0 Å². The fourth-order valence-corrected chi connectivity index (χ4v) is 2.99. The number of carbonyl (C=O) groups is 3. The Kier molecular flexibility index (Phi) is 13.3. The maximum atomic E-state index is 12.5. The van der Waals surface area contributed by atoms with Gasteiger partial charge in [-0.15, -0.1) is 0 Å². The van der Waals surface area contributed by atoms with E-state index in [4.69, 9.17) is 9.47 Å². The van der Waals surface area contributed by atoms with Gasteiger partial charge >= 0.3 is 17.9 Å². The Balaban J connectivity index is 5.13. The Hall–Kier alpha value is -2.67. The molecule has 0 fully saturated rings. The first-order valence-corrected chi connectivity index (χ1v) is 11.2. The van der Waals surface area contributed by atoms with Crippen LogP contribution in [-0.2, 0) is 23.9 Å². The predicted octanol–water partition coefficient (Wildman–Crippen LogP) is 4.84. The maximum absolute atomic E-state index is 12.5. The monoisotopic (exact) mass is 463 g/mol. The predicted molar refractivity (Wildman–Crippen MR) is 131 cm³/mol. The van der Waals surface area contributed by atoms with E-state index < -0.39 is 35.7 Å². The van der Waals surface area contributed by atoms with E-state index in [9.17, 15) is 19.5 Å². The summed E-state index contributed by atoms with van der Waals surface area (Å²) in [5.41, 5.74) is 0.521. The van der Waals surface area contributed by atoms with Crippen molar-refractivity contribution in [2.75, 3.05) is 19.6 Å². The third kappa shape index (κ3) is 14.2. The molecule has 0 radical (unpaired) electrons. The zero-order valence-corrected chi connectivity index (χ0v) is 21.1. The Morgan fingerprint density at radius 3 is 1.42 bits per heavy atom. The largest absolute Gasteiger partial charge is 0.480 e. The van der Waals surface area contributed by atoms with Crippen LogP contribution in [-0.4, -0.2) is 58.8 Å². The van der Waals surface area contributed by atoms with Gasteiger partial charge in [-0.05, 0) is 79.4 Å². The van der Waals surface area contributed by atoms with Crippen LogP contribution in [0.5, 0.6) is 0 Å². The van der Waals surface area contributed by atoms with Crippen LogP contribution < -0.4 is 0 Å². The summed E-state index contributed by atoms with van der Waals surface area (Å²) in [6, 6.07) is 0. The topological polar surface area (TPSA) is 93.1 Å². The number of aliphatic carboxylic acids is 1. The molecule has 0 spiro atoms. The third-order valence-corrected chi connectivity index (χ3v) is 5.01. The summed E-state index contributed by atoms with van der Waals surface area (Å²) in [6.07, 6.45) is 9.68. The van der Waals surface area contributed by atoms with Gasteiger partial charge in [0.1, 0.15) is 11.2 Å². The lowest BCUT2D eigenvalue weighted by Crippen LogP contribution is -2.43. The van der Waals surface area contributed by atoms with Gasteiger partial charge in [-0.1, -0.05) is 36.5 Å². The van der Waals surface area contributed by atoms with E-state index in [2.05, 4.69) is 13.2 Å². The number of ether oxygens (including phenoxy) is 2. The van der Waals surface area contributed by atoms with E-state index in [-0.39, 0.29) is 13.1 Å². The molecule has 2 unspecified atom stereocenters. The number of rotatable bonds is 16. The van der Waals surface area contributed by atoms with Gasteiger partial charge in [0.15, 0.2) is 0 Å². The van der Waals surface area contributed by atoms with Crippen LogP contribution in [0.1, 0.15) is 67.2 Å². The Morgan fingerprint density at radius 1 is 0.788 bits per heavy atom. The first kappa shape index (κ1) is 30.3. The van der Waals surface area contributed by atoms with Gasteiger partial charge in [-0.25, -0.2) is 0 Å². The van der Waals surface area contributed by atoms with Crippen LogP contribution in [0.4, 0.5) is 0 Å². The van der Waals surface area contributed by atoms with Crippen LogP contribution in [0.15, 0.2) is 48.6 Å². The van der Waals surface area contributed by atoms with Gasteiger partial charge in [0, 0.05) is 0 Å². The van der Waals surface area contributed by atoms with Gasteiger partial charge in [-0.2, -0.15) is 0 Å². The van der Waals surface area contributed by atoms with Crippen molar-refractivity contribution < 1.29 is 29.0 Å². The molecule has 0 amide bonds. The van der Waals surface area contributed by atoms with E-state index in [0.717, 1.165) is 11.1 Å². The molecule has 0 aliphatic carbocycles. The lowest BCUT2D eigenvalue weighted by atomic mass is 9.99. The number of nitrogens with zero attached hydrogens (tertiary/aromatic N) is 1. The molecule has 0 aromatic heterocycles. The van der Waals surface area contributed by atoms with E-state index in [1.807, 2.05) is 39.8 Å². The highest BCUT2D eigenvalue weighted by atomic mass is 16.6. The van der Waals surface area contributed by atoms with Crippen molar-refractivity contribution in [3.8, 4) is 0 Å². The molecule has 7 heteroatoms. The molecule has 0 rings (SSSR count). The standard InChI is InChI=1S/C26H41NO6/c1-9-25(7,15-11-13-20(3)4)32-23(30)18-27(17-22(28)29)19-24(31)33-26(8,10-2)16-12-14-21(5)6/h9-10,13-14H,1-2,11-12,15-19H2,3-8H3,(H,28,29).